The van der Waals surface area contributed by atoms with E-state index in [1.807, 2.05) is 41.5 Å². The van der Waals surface area contributed by atoms with Crippen LogP contribution in [0.25, 0.3) is 0 Å². The molecule has 130 valence electrons. The molecule has 1 heterocycles. The van der Waals surface area contributed by atoms with Crippen LogP contribution in [0.2, 0.25) is 0 Å². The highest BCUT2D eigenvalue weighted by Crippen LogP contribution is 2.27. The Labute approximate surface area is 142 Å². The van der Waals surface area contributed by atoms with Gasteiger partial charge in [-0.2, -0.15) is 0 Å². The second kappa shape index (κ2) is 8.38. The number of hydrogen-bond donors (Lipinski definition) is 1. The highest BCUT2D eigenvalue weighted by molar-refractivity contribution is 7.99. The quantitative estimate of drug-likeness (QED) is 0.587. The second-order valence-corrected chi connectivity index (χ2v) is 7.59. The van der Waals surface area contributed by atoms with Crippen molar-refractivity contribution in [3.8, 4) is 0 Å². The van der Waals surface area contributed by atoms with Gasteiger partial charge in [-0.05, 0) is 33.6 Å². The van der Waals surface area contributed by atoms with Crippen LogP contribution in [0.5, 0.6) is 0 Å². The van der Waals surface area contributed by atoms with Gasteiger partial charge in [-0.25, -0.2) is 4.79 Å². The summed E-state index contributed by atoms with van der Waals surface area (Å²) in [6, 6.07) is -0.374. The van der Waals surface area contributed by atoms with Crippen LogP contribution in [0.4, 0.5) is 4.79 Å². The third-order valence-corrected chi connectivity index (χ3v) is 4.06. The number of hydrogen-bond acceptors (Lipinski definition) is 6. The molecule has 0 bridgehead atoms. The lowest BCUT2D eigenvalue weighted by Crippen LogP contribution is -2.37. The first-order valence-corrected chi connectivity index (χ1v) is 8.71. The van der Waals surface area contributed by atoms with Gasteiger partial charge in [-0.15, -0.1) is 10.2 Å². The summed E-state index contributed by atoms with van der Waals surface area (Å²) in [5.41, 5.74) is 0.474. The van der Waals surface area contributed by atoms with Crippen LogP contribution in [0.3, 0.4) is 0 Å². The van der Waals surface area contributed by atoms with Gasteiger partial charge in [-0.1, -0.05) is 44.2 Å². The first-order valence-electron chi connectivity index (χ1n) is 7.72. The highest BCUT2D eigenvalue weighted by atomic mass is 32.2. The van der Waals surface area contributed by atoms with Crippen molar-refractivity contribution in [2.75, 3.05) is 5.75 Å². The third-order valence-electron chi connectivity index (χ3n) is 3.02. The molecule has 0 saturated carbocycles. The molecular weight excluding hydrogens is 314 g/mol. The van der Waals surface area contributed by atoms with Crippen molar-refractivity contribution < 1.29 is 13.9 Å². The fourth-order valence-electron chi connectivity index (χ4n) is 1.71. The van der Waals surface area contributed by atoms with Gasteiger partial charge >= 0.3 is 6.09 Å². The van der Waals surface area contributed by atoms with Crippen LogP contribution >= 0.6 is 11.8 Å². The molecule has 1 rings (SSSR count). The lowest BCUT2D eigenvalue weighted by molar-refractivity contribution is 0.0474. The molecule has 1 N–H and O–H groups in total. The summed E-state index contributed by atoms with van der Waals surface area (Å²) in [4.78, 5) is 12.0. The summed E-state index contributed by atoms with van der Waals surface area (Å²) in [7, 11) is 0. The van der Waals surface area contributed by atoms with Gasteiger partial charge in [0.2, 0.25) is 5.89 Å². The number of aromatic nitrogens is 2. The number of thioether (sulfide) groups is 1. The van der Waals surface area contributed by atoms with E-state index in [1.165, 1.54) is 11.8 Å². The van der Waals surface area contributed by atoms with E-state index in [1.54, 1.807) is 0 Å². The number of amides is 1. The number of nitrogens with one attached hydrogen (secondary N) is 1. The minimum atomic E-state index is -0.554. The number of carbonyl (C=O) groups is 1. The molecule has 0 spiro atoms. The third kappa shape index (κ3) is 7.07. The second-order valence-electron chi connectivity index (χ2n) is 6.66. The van der Waals surface area contributed by atoms with Crippen LogP contribution in [0, 0.1) is 5.92 Å². The van der Waals surface area contributed by atoms with Crippen molar-refractivity contribution in [1.29, 1.82) is 0 Å². The normalized spacial score (nSPS) is 14.2. The predicted octanol–water partition coefficient (Wildman–Crippen LogP) is 4.35. The Morgan fingerprint density at radius 1 is 1.43 bits per heavy atom. The molecule has 6 nitrogen and oxygen atoms in total. The maximum Gasteiger partial charge on any atom is 0.408 e. The van der Waals surface area contributed by atoms with E-state index in [2.05, 4.69) is 22.1 Å². The highest BCUT2D eigenvalue weighted by Gasteiger charge is 2.28. The van der Waals surface area contributed by atoms with E-state index >= 15 is 0 Å². The Bertz CT molecular complexity index is 537. The number of ether oxygens (including phenoxy) is 1. The van der Waals surface area contributed by atoms with Crippen LogP contribution in [0.1, 0.15) is 59.9 Å². The Kier molecular flexibility index (Phi) is 7.12. The van der Waals surface area contributed by atoms with E-state index in [0.717, 1.165) is 17.7 Å². The summed E-state index contributed by atoms with van der Waals surface area (Å²) >= 11 is 1.43. The van der Waals surface area contributed by atoms with Crippen molar-refractivity contribution in [2.24, 2.45) is 5.92 Å². The van der Waals surface area contributed by atoms with E-state index in [0.29, 0.717) is 11.1 Å². The minimum Gasteiger partial charge on any atom is -0.444 e. The van der Waals surface area contributed by atoms with Gasteiger partial charge in [0.1, 0.15) is 11.6 Å². The van der Waals surface area contributed by atoms with E-state index in [9.17, 15) is 4.79 Å². The fourth-order valence-corrected chi connectivity index (χ4v) is 2.32. The zero-order valence-electron chi connectivity index (χ0n) is 14.8. The topological polar surface area (TPSA) is 77.2 Å². The van der Waals surface area contributed by atoms with Crippen molar-refractivity contribution in [3.63, 3.8) is 0 Å². The summed E-state index contributed by atoms with van der Waals surface area (Å²) in [5.74, 6) is 1.26. The molecule has 0 aliphatic rings. The van der Waals surface area contributed by atoms with Crippen molar-refractivity contribution in [1.82, 2.24) is 15.5 Å². The smallest absolute Gasteiger partial charge is 0.408 e. The molecule has 1 amide bonds. The molecule has 1 aromatic rings. The molecule has 0 unspecified atom stereocenters. The van der Waals surface area contributed by atoms with E-state index < -0.39 is 11.7 Å². The predicted molar refractivity (Wildman–Crippen MR) is 91.4 cm³/mol. The average Bonchev–Trinajstić information content (AvgIpc) is 2.88. The maximum atomic E-state index is 12.0. The standard InChI is InChI=1S/C16H27N3O3S/c1-8-11(4)12(17-14(20)22-16(5,6)7)13-18-19-15(21-13)23-9-10(2)3/h11-12H,2,8-9H2,1,3-7H3,(H,17,20)/t11-,12+/m0/s1. The Morgan fingerprint density at radius 3 is 2.61 bits per heavy atom. The fraction of sp³-hybridized carbons (Fsp3) is 0.688. The van der Waals surface area contributed by atoms with E-state index in [-0.39, 0.29) is 12.0 Å². The molecule has 1 aromatic heterocycles. The van der Waals surface area contributed by atoms with Crippen molar-refractivity contribution >= 4 is 17.9 Å². The van der Waals surface area contributed by atoms with Crippen molar-refractivity contribution in [2.45, 2.75) is 64.8 Å². The van der Waals surface area contributed by atoms with Crippen LogP contribution < -0.4 is 5.32 Å². The summed E-state index contributed by atoms with van der Waals surface area (Å²) in [5, 5.41) is 11.4. The largest absolute Gasteiger partial charge is 0.444 e. The Hall–Kier alpha value is -1.50. The average molecular weight is 341 g/mol. The molecule has 0 aromatic carbocycles. The zero-order valence-corrected chi connectivity index (χ0v) is 15.6. The molecule has 0 radical (unpaired) electrons. The number of rotatable bonds is 7. The number of alkyl carbamates (subject to hydrolysis) is 1. The Balaban J connectivity index is 2.82. The molecule has 2 atom stereocenters. The number of carbonyl (C=O) groups excluding carboxylic acids is 1. The molecule has 0 fully saturated rings. The van der Waals surface area contributed by atoms with Gasteiger partial charge < -0.3 is 14.5 Å². The Morgan fingerprint density at radius 2 is 2.09 bits per heavy atom. The van der Waals surface area contributed by atoms with Crippen LogP contribution in [-0.4, -0.2) is 27.6 Å². The van der Waals surface area contributed by atoms with Crippen LogP contribution in [-0.2, 0) is 4.74 Å². The monoisotopic (exact) mass is 341 g/mol. The van der Waals surface area contributed by atoms with Gasteiger partial charge in [0.05, 0.1) is 0 Å². The van der Waals surface area contributed by atoms with Crippen molar-refractivity contribution in [3.05, 3.63) is 18.0 Å². The number of nitrogens with zero attached hydrogens (tertiary/aromatic N) is 2. The summed E-state index contributed by atoms with van der Waals surface area (Å²) < 4.78 is 11.0. The molecule has 23 heavy (non-hydrogen) atoms. The lowest BCUT2D eigenvalue weighted by Gasteiger charge is -2.24. The molecule has 0 saturated heterocycles. The molecule has 0 aliphatic carbocycles. The van der Waals surface area contributed by atoms with Gasteiger partial charge in [-0.3, -0.25) is 0 Å². The molecule has 7 heteroatoms. The maximum absolute atomic E-state index is 12.0. The summed E-state index contributed by atoms with van der Waals surface area (Å²) in [6.07, 6.45) is 0.369. The first-order chi connectivity index (χ1) is 10.6. The van der Waals surface area contributed by atoms with Gasteiger partial charge in [0.25, 0.3) is 5.22 Å². The lowest BCUT2D eigenvalue weighted by atomic mass is 9.99. The first kappa shape index (κ1) is 19.5. The van der Waals surface area contributed by atoms with Crippen LogP contribution in [0.15, 0.2) is 21.8 Å². The zero-order chi connectivity index (χ0) is 17.6. The SMILES string of the molecule is C=C(C)CSc1nnc([C@H](NC(=O)OC(C)(C)C)[C@@H](C)CC)o1. The van der Waals surface area contributed by atoms with Gasteiger partial charge in [0.15, 0.2) is 0 Å². The van der Waals surface area contributed by atoms with E-state index in [4.69, 9.17) is 9.15 Å². The molecule has 0 aliphatic heterocycles. The summed E-state index contributed by atoms with van der Waals surface area (Å²) in [6.45, 7) is 15.3. The minimum absolute atomic E-state index is 0.141. The molecular formula is C16H27N3O3S. The van der Waals surface area contributed by atoms with Gasteiger partial charge in [0, 0.05) is 5.75 Å².